The van der Waals surface area contributed by atoms with Crippen LogP contribution in [0.2, 0.25) is 0 Å². The number of aliphatic hydroxyl groups excluding tert-OH is 1. The molecule has 1 heterocycles. The van der Waals surface area contributed by atoms with E-state index in [1.807, 2.05) is 12.1 Å². The summed E-state index contributed by atoms with van der Waals surface area (Å²) >= 11 is 0. The number of aliphatic hydroxyl groups is 1. The van der Waals surface area contributed by atoms with Gasteiger partial charge in [-0.15, -0.1) is 0 Å². The van der Waals surface area contributed by atoms with Crippen molar-refractivity contribution in [1.82, 2.24) is 5.32 Å². The lowest BCUT2D eigenvalue weighted by Crippen LogP contribution is -2.32. The molecular formula is C14H23NO3. The molecule has 0 aliphatic heterocycles. The van der Waals surface area contributed by atoms with E-state index in [0.29, 0.717) is 25.8 Å². The van der Waals surface area contributed by atoms with Crippen LogP contribution >= 0.6 is 0 Å². The van der Waals surface area contributed by atoms with E-state index in [1.54, 1.807) is 6.26 Å². The van der Waals surface area contributed by atoms with E-state index in [4.69, 9.17) is 9.15 Å². The number of furan rings is 1. The van der Waals surface area contributed by atoms with Crippen LogP contribution in [0.15, 0.2) is 22.8 Å². The first-order chi connectivity index (χ1) is 8.84. The molecule has 1 fully saturated rings. The molecule has 18 heavy (non-hydrogen) atoms. The molecule has 0 saturated heterocycles. The average Bonchev–Trinajstić information content (AvgIpc) is 2.91. The summed E-state index contributed by atoms with van der Waals surface area (Å²) in [5.41, 5.74) is 0. The zero-order valence-electron chi connectivity index (χ0n) is 10.8. The lowest BCUT2D eigenvalue weighted by Gasteiger charge is -2.23. The fourth-order valence-corrected chi connectivity index (χ4v) is 2.31. The minimum atomic E-state index is -0.443. The standard InChI is InChI=1S/C14H23NO3/c16-12(9-15-10-14-7-4-8-17-14)11-18-13-5-2-1-3-6-13/h4,7-8,12-13,15-16H,1-3,5-6,9-11H2. The molecule has 2 rings (SSSR count). The summed E-state index contributed by atoms with van der Waals surface area (Å²) in [5.74, 6) is 0.885. The molecule has 0 aromatic carbocycles. The van der Waals surface area contributed by atoms with E-state index < -0.39 is 6.10 Å². The van der Waals surface area contributed by atoms with E-state index in [0.717, 1.165) is 18.6 Å². The van der Waals surface area contributed by atoms with Crippen LogP contribution in [-0.2, 0) is 11.3 Å². The van der Waals surface area contributed by atoms with Crippen molar-refractivity contribution in [2.45, 2.75) is 50.9 Å². The third-order valence-corrected chi connectivity index (χ3v) is 3.34. The average molecular weight is 253 g/mol. The highest BCUT2D eigenvalue weighted by molar-refractivity contribution is 4.97. The van der Waals surface area contributed by atoms with Gasteiger partial charge in [-0.1, -0.05) is 19.3 Å². The summed E-state index contributed by atoms with van der Waals surface area (Å²) in [6.07, 6.45) is 7.71. The lowest BCUT2D eigenvalue weighted by atomic mass is 9.98. The molecule has 1 atom stereocenters. The maximum absolute atomic E-state index is 9.79. The van der Waals surface area contributed by atoms with Gasteiger partial charge in [-0.3, -0.25) is 0 Å². The van der Waals surface area contributed by atoms with E-state index in [-0.39, 0.29) is 0 Å². The van der Waals surface area contributed by atoms with Crippen molar-refractivity contribution in [3.05, 3.63) is 24.2 Å². The molecule has 0 spiro atoms. The Kier molecular flexibility index (Phi) is 5.71. The highest BCUT2D eigenvalue weighted by Crippen LogP contribution is 2.20. The second-order valence-corrected chi connectivity index (χ2v) is 4.96. The van der Waals surface area contributed by atoms with Gasteiger partial charge in [0.1, 0.15) is 5.76 Å². The van der Waals surface area contributed by atoms with Crippen LogP contribution in [0.25, 0.3) is 0 Å². The van der Waals surface area contributed by atoms with Crippen molar-refractivity contribution >= 4 is 0 Å². The van der Waals surface area contributed by atoms with Crippen LogP contribution in [0, 0.1) is 0 Å². The Morgan fingerprint density at radius 2 is 2.22 bits per heavy atom. The third kappa shape index (κ3) is 4.80. The fourth-order valence-electron chi connectivity index (χ4n) is 2.31. The second-order valence-electron chi connectivity index (χ2n) is 4.96. The van der Waals surface area contributed by atoms with Gasteiger partial charge >= 0.3 is 0 Å². The summed E-state index contributed by atoms with van der Waals surface area (Å²) in [5, 5.41) is 12.9. The Morgan fingerprint density at radius 3 is 2.94 bits per heavy atom. The van der Waals surface area contributed by atoms with Crippen LogP contribution in [0.3, 0.4) is 0 Å². The maximum atomic E-state index is 9.79. The van der Waals surface area contributed by atoms with Gasteiger partial charge < -0.3 is 19.6 Å². The van der Waals surface area contributed by atoms with Gasteiger partial charge in [0.15, 0.2) is 0 Å². The molecule has 102 valence electrons. The summed E-state index contributed by atoms with van der Waals surface area (Å²) in [7, 11) is 0. The van der Waals surface area contributed by atoms with Gasteiger partial charge in [-0.2, -0.15) is 0 Å². The molecule has 2 N–H and O–H groups in total. The molecule has 0 bridgehead atoms. The largest absolute Gasteiger partial charge is 0.468 e. The number of hydrogen-bond acceptors (Lipinski definition) is 4. The summed E-state index contributed by atoms with van der Waals surface area (Å²) in [6.45, 7) is 1.61. The van der Waals surface area contributed by atoms with Crippen molar-refractivity contribution < 1.29 is 14.3 Å². The van der Waals surface area contributed by atoms with E-state index >= 15 is 0 Å². The first kappa shape index (κ1) is 13.6. The first-order valence-corrected chi connectivity index (χ1v) is 6.87. The van der Waals surface area contributed by atoms with Crippen molar-refractivity contribution in [2.24, 2.45) is 0 Å². The third-order valence-electron chi connectivity index (χ3n) is 3.34. The van der Waals surface area contributed by atoms with Crippen LogP contribution in [0.4, 0.5) is 0 Å². The number of ether oxygens (including phenoxy) is 1. The van der Waals surface area contributed by atoms with Gasteiger partial charge in [0, 0.05) is 6.54 Å². The molecule has 1 aromatic rings. The molecule has 0 radical (unpaired) electrons. The van der Waals surface area contributed by atoms with E-state index in [1.165, 1.54) is 19.3 Å². The molecule has 1 aromatic heterocycles. The topological polar surface area (TPSA) is 54.6 Å². The van der Waals surface area contributed by atoms with Gasteiger partial charge in [0.2, 0.25) is 0 Å². The number of nitrogens with one attached hydrogen (secondary N) is 1. The van der Waals surface area contributed by atoms with Crippen LogP contribution in [-0.4, -0.2) is 30.5 Å². The Morgan fingerprint density at radius 1 is 1.39 bits per heavy atom. The monoisotopic (exact) mass is 253 g/mol. The minimum absolute atomic E-state index is 0.360. The maximum Gasteiger partial charge on any atom is 0.117 e. The molecule has 1 aliphatic rings. The zero-order chi connectivity index (χ0) is 12.6. The highest BCUT2D eigenvalue weighted by Gasteiger charge is 2.15. The van der Waals surface area contributed by atoms with Crippen LogP contribution in [0.5, 0.6) is 0 Å². The van der Waals surface area contributed by atoms with Crippen molar-refractivity contribution in [3.63, 3.8) is 0 Å². The van der Waals surface area contributed by atoms with Crippen molar-refractivity contribution in [1.29, 1.82) is 0 Å². The van der Waals surface area contributed by atoms with Crippen LogP contribution < -0.4 is 5.32 Å². The quantitative estimate of drug-likeness (QED) is 0.781. The Hall–Kier alpha value is -0.840. The smallest absolute Gasteiger partial charge is 0.117 e. The SMILES string of the molecule is OC(CNCc1ccco1)COC1CCCCC1. The molecule has 0 amide bonds. The molecule has 1 aliphatic carbocycles. The fraction of sp³-hybridized carbons (Fsp3) is 0.714. The van der Waals surface area contributed by atoms with Gasteiger partial charge in [-0.05, 0) is 25.0 Å². The number of hydrogen-bond donors (Lipinski definition) is 2. The van der Waals surface area contributed by atoms with Gasteiger partial charge in [0.05, 0.1) is 31.6 Å². The van der Waals surface area contributed by atoms with Crippen molar-refractivity contribution in [2.75, 3.05) is 13.2 Å². The van der Waals surface area contributed by atoms with E-state index in [2.05, 4.69) is 5.32 Å². The Balaban J connectivity index is 1.53. The zero-order valence-corrected chi connectivity index (χ0v) is 10.8. The van der Waals surface area contributed by atoms with Crippen molar-refractivity contribution in [3.8, 4) is 0 Å². The normalized spacial score (nSPS) is 18.9. The summed E-state index contributed by atoms with van der Waals surface area (Å²) < 4.78 is 10.9. The summed E-state index contributed by atoms with van der Waals surface area (Å²) in [4.78, 5) is 0. The van der Waals surface area contributed by atoms with E-state index in [9.17, 15) is 5.11 Å². The predicted molar refractivity (Wildman–Crippen MR) is 69.2 cm³/mol. The Labute approximate surface area is 108 Å². The van der Waals surface area contributed by atoms with Crippen LogP contribution in [0.1, 0.15) is 37.9 Å². The lowest BCUT2D eigenvalue weighted by molar-refractivity contribution is -0.0231. The minimum Gasteiger partial charge on any atom is -0.468 e. The van der Waals surface area contributed by atoms with Gasteiger partial charge in [0.25, 0.3) is 0 Å². The molecular weight excluding hydrogens is 230 g/mol. The molecule has 1 saturated carbocycles. The first-order valence-electron chi connectivity index (χ1n) is 6.87. The Bertz CT molecular complexity index is 307. The predicted octanol–water partition coefficient (Wildman–Crippen LogP) is 2.08. The summed E-state index contributed by atoms with van der Waals surface area (Å²) in [6, 6.07) is 3.78. The molecule has 4 heteroatoms. The second kappa shape index (κ2) is 7.56. The highest BCUT2D eigenvalue weighted by atomic mass is 16.5. The molecule has 1 unspecified atom stereocenters. The van der Waals surface area contributed by atoms with Gasteiger partial charge in [-0.25, -0.2) is 0 Å². The molecule has 4 nitrogen and oxygen atoms in total. The number of rotatable bonds is 7.